The van der Waals surface area contributed by atoms with E-state index in [9.17, 15) is 4.79 Å². The first kappa shape index (κ1) is 15.6. The number of nitrogens with one attached hydrogen (secondary N) is 1. The van der Waals surface area contributed by atoms with Crippen molar-refractivity contribution in [3.8, 4) is 11.3 Å². The van der Waals surface area contributed by atoms with Gasteiger partial charge in [-0.3, -0.25) is 13.9 Å². The molecule has 0 unspecified atom stereocenters. The number of nitrogens with zero attached hydrogens (tertiary/aromatic N) is 4. The van der Waals surface area contributed by atoms with Crippen molar-refractivity contribution in [1.29, 1.82) is 0 Å². The Morgan fingerprint density at radius 2 is 2.04 bits per heavy atom. The van der Waals surface area contributed by atoms with E-state index >= 15 is 0 Å². The Bertz CT molecular complexity index is 1030. The molecule has 0 aliphatic rings. The summed E-state index contributed by atoms with van der Waals surface area (Å²) in [4.78, 5) is 18.1. The minimum Gasteiger partial charge on any atom is -0.344 e. The Balaban J connectivity index is 1.60. The zero-order chi connectivity index (χ0) is 17.4. The number of aromatic nitrogens is 4. The van der Waals surface area contributed by atoms with E-state index in [-0.39, 0.29) is 11.9 Å². The van der Waals surface area contributed by atoms with Crippen LogP contribution in [0.4, 0.5) is 0 Å². The molecule has 0 aliphatic carbocycles. The molecular weight excluding hydrogens is 334 g/mol. The summed E-state index contributed by atoms with van der Waals surface area (Å²) in [6.45, 7) is 1.95. The van der Waals surface area contributed by atoms with Crippen molar-refractivity contribution in [2.24, 2.45) is 7.05 Å². The van der Waals surface area contributed by atoms with Crippen LogP contribution in [-0.4, -0.2) is 25.1 Å². The molecule has 4 aromatic rings. The molecule has 0 spiro atoms. The number of carbonyl (C=O) groups excluding carboxylic acids is 1. The zero-order valence-corrected chi connectivity index (χ0v) is 14.7. The van der Waals surface area contributed by atoms with Gasteiger partial charge in [-0.2, -0.15) is 5.10 Å². The minimum absolute atomic E-state index is 0.117. The molecule has 1 atom stereocenters. The Morgan fingerprint density at radius 1 is 1.24 bits per heavy atom. The van der Waals surface area contributed by atoms with Gasteiger partial charge in [0.1, 0.15) is 5.69 Å². The molecule has 0 fully saturated rings. The molecule has 0 bridgehead atoms. The van der Waals surface area contributed by atoms with E-state index in [1.165, 1.54) is 11.3 Å². The molecule has 0 saturated heterocycles. The van der Waals surface area contributed by atoms with Gasteiger partial charge in [0.05, 0.1) is 17.9 Å². The lowest BCUT2D eigenvalue weighted by molar-refractivity contribution is 0.0934. The molecular formula is C18H17N5OS. The number of thiazole rings is 1. The van der Waals surface area contributed by atoms with Crippen LogP contribution in [0.25, 0.3) is 16.2 Å². The highest BCUT2D eigenvalue weighted by atomic mass is 32.1. The van der Waals surface area contributed by atoms with E-state index in [0.717, 1.165) is 21.8 Å². The smallest absolute Gasteiger partial charge is 0.269 e. The summed E-state index contributed by atoms with van der Waals surface area (Å²) in [5.74, 6) is -0.125. The highest BCUT2D eigenvalue weighted by molar-refractivity contribution is 7.15. The first-order chi connectivity index (χ1) is 12.1. The van der Waals surface area contributed by atoms with Crippen LogP contribution < -0.4 is 5.32 Å². The van der Waals surface area contributed by atoms with Crippen LogP contribution in [0.5, 0.6) is 0 Å². The van der Waals surface area contributed by atoms with Gasteiger partial charge in [0.2, 0.25) is 0 Å². The van der Waals surface area contributed by atoms with E-state index in [2.05, 4.69) is 15.4 Å². The van der Waals surface area contributed by atoms with Gasteiger partial charge < -0.3 is 5.32 Å². The lowest BCUT2D eigenvalue weighted by Crippen LogP contribution is -2.27. The van der Waals surface area contributed by atoms with Gasteiger partial charge in [-0.15, -0.1) is 11.3 Å². The Kier molecular flexibility index (Phi) is 3.85. The topological polar surface area (TPSA) is 64.2 Å². The van der Waals surface area contributed by atoms with Gasteiger partial charge >= 0.3 is 0 Å². The highest BCUT2D eigenvalue weighted by Gasteiger charge is 2.18. The van der Waals surface area contributed by atoms with E-state index in [1.807, 2.05) is 66.5 Å². The summed E-state index contributed by atoms with van der Waals surface area (Å²) < 4.78 is 3.57. The maximum absolute atomic E-state index is 12.7. The summed E-state index contributed by atoms with van der Waals surface area (Å²) in [6.07, 6.45) is 5.57. The lowest BCUT2D eigenvalue weighted by atomic mass is 10.2. The summed E-state index contributed by atoms with van der Waals surface area (Å²) in [5, 5.41) is 9.00. The van der Waals surface area contributed by atoms with Gasteiger partial charge in [-0.05, 0) is 6.92 Å². The normalized spacial score (nSPS) is 12.4. The van der Waals surface area contributed by atoms with Crippen molar-refractivity contribution < 1.29 is 4.79 Å². The number of fused-ring (bicyclic) bond motifs is 1. The number of imidazole rings is 1. The number of hydrogen-bond donors (Lipinski definition) is 1. The van der Waals surface area contributed by atoms with E-state index in [4.69, 9.17) is 0 Å². The molecule has 0 aliphatic heterocycles. The standard InChI is InChI=1S/C18H17N5OS/c1-12(14-8-19-22(2)9-14)20-17(24)16-11-25-18-21-15(10-23(16)18)13-6-4-3-5-7-13/h3-12H,1-2H3,(H,20,24)/t12-/m0/s1. The van der Waals surface area contributed by atoms with Crippen LogP contribution in [0.3, 0.4) is 0 Å². The maximum Gasteiger partial charge on any atom is 0.269 e. The van der Waals surface area contributed by atoms with E-state index < -0.39 is 0 Å². The fourth-order valence-corrected chi connectivity index (χ4v) is 3.57. The van der Waals surface area contributed by atoms with Crippen molar-refractivity contribution in [3.63, 3.8) is 0 Å². The third-order valence-electron chi connectivity index (χ3n) is 4.08. The van der Waals surface area contributed by atoms with Crippen LogP contribution in [0.1, 0.15) is 29.0 Å². The number of hydrogen-bond acceptors (Lipinski definition) is 4. The third-order valence-corrected chi connectivity index (χ3v) is 4.92. The molecule has 1 N–H and O–H groups in total. The first-order valence-electron chi connectivity index (χ1n) is 7.93. The second kappa shape index (κ2) is 6.18. The maximum atomic E-state index is 12.7. The average Bonchev–Trinajstić information content (AvgIpc) is 3.30. The van der Waals surface area contributed by atoms with Crippen LogP contribution in [0.15, 0.2) is 54.3 Å². The van der Waals surface area contributed by atoms with Gasteiger partial charge in [0.25, 0.3) is 5.91 Å². The summed E-state index contributed by atoms with van der Waals surface area (Å²) >= 11 is 1.46. The number of benzene rings is 1. The number of amides is 1. The molecule has 4 rings (SSSR count). The quantitative estimate of drug-likeness (QED) is 0.614. The van der Waals surface area contributed by atoms with Gasteiger partial charge in [0, 0.05) is 35.9 Å². The number of rotatable bonds is 4. The largest absolute Gasteiger partial charge is 0.344 e. The van der Waals surface area contributed by atoms with Crippen molar-refractivity contribution in [3.05, 3.63) is 65.6 Å². The van der Waals surface area contributed by atoms with Crippen molar-refractivity contribution in [1.82, 2.24) is 24.5 Å². The Labute approximate surface area is 148 Å². The molecule has 0 saturated carbocycles. The number of carbonyl (C=O) groups is 1. The predicted octanol–water partition coefficient (Wildman–Crippen LogP) is 3.29. The molecule has 126 valence electrons. The average molecular weight is 351 g/mol. The van der Waals surface area contributed by atoms with Gasteiger partial charge in [0.15, 0.2) is 4.96 Å². The van der Waals surface area contributed by atoms with Crippen molar-refractivity contribution in [2.75, 3.05) is 0 Å². The third kappa shape index (κ3) is 2.94. The molecule has 3 aromatic heterocycles. The molecule has 1 amide bonds. The predicted molar refractivity (Wildman–Crippen MR) is 97.6 cm³/mol. The Morgan fingerprint density at radius 3 is 2.76 bits per heavy atom. The molecule has 7 heteroatoms. The van der Waals surface area contributed by atoms with Crippen LogP contribution in [0, 0.1) is 0 Å². The molecule has 6 nitrogen and oxygen atoms in total. The van der Waals surface area contributed by atoms with Gasteiger partial charge in [-0.1, -0.05) is 30.3 Å². The lowest BCUT2D eigenvalue weighted by Gasteiger charge is -2.11. The monoisotopic (exact) mass is 351 g/mol. The summed E-state index contributed by atoms with van der Waals surface area (Å²) in [7, 11) is 1.86. The van der Waals surface area contributed by atoms with Gasteiger partial charge in [-0.25, -0.2) is 4.98 Å². The highest BCUT2D eigenvalue weighted by Crippen LogP contribution is 2.24. The van der Waals surface area contributed by atoms with Crippen LogP contribution in [-0.2, 0) is 7.05 Å². The molecule has 25 heavy (non-hydrogen) atoms. The fourth-order valence-electron chi connectivity index (χ4n) is 2.71. The summed E-state index contributed by atoms with van der Waals surface area (Å²) in [6, 6.07) is 9.83. The second-order valence-corrected chi connectivity index (χ2v) is 6.74. The first-order valence-corrected chi connectivity index (χ1v) is 8.81. The van der Waals surface area contributed by atoms with E-state index in [1.54, 1.807) is 10.9 Å². The minimum atomic E-state index is -0.125. The van der Waals surface area contributed by atoms with E-state index in [0.29, 0.717) is 5.69 Å². The zero-order valence-electron chi connectivity index (χ0n) is 13.9. The number of aryl methyl sites for hydroxylation is 1. The molecule has 0 radical (unpaired) electrons. The molecule has 1 aromatic carbocycles. The van der Waals surface area contributed by atoms with Crippen molar-refractivity contribution in [2.45, 2.75) is 13.0 Å². The summed E-state index contributed by atoms with van der Waals surface area (Å²) in [5.41, 5.74) is 3.46. The molecule has 3 heterocycles. The Hall–Kier alpha value is -2.93. The fraction of sp³-hybridized carbons (Fsp3) is 0.167. The second-order valence-electron chi connectivity index (χ2n) is 5.91. The van der Waals surface area contributed by atoms with Crippen molar-refractivity contribution >= 4 is 22.2 Å². The van der Waals surface area contributed by atoms with Crippen LogP contribution >= 0.6 is 11.3 Å². The van der Waals surface area contributed by atoms with Crippen LogP contribution in [0.2, 0.25) is 0 Å². The SMILES string of the molecule is C[C@H](NC(=O)c1csc2nc(-c3ccccc3)cn12)c1cnn(C)c1.